The molecular formula is C14H9F17O3. The number of carbonyl (C=O) groups is 1. The summed E-state index contributed by atoms with van der Waals surface area (Å²) in [5, 5.41) is 8.85. The predicted molar refractivity (Wildman–Crippen MR) is 72.5 cm³/mol. The molecule has 0 spiro atoms. The molecule has 0 heterocycles. The van der Waals surface area contributed by atoms with Gasteiger partial charge in [-0.2, -0.15) is 74.6 Å². The summed E-state index contributed by atoms with van der Waals surface area (Å²) in [4.78, 5) is 10.9. The Morgan fingerprint density at radius 1 is 0.676 bits per heavy atom. The largest absolute Gasteiger partial charge is 0.460 e. The standard InChI is InChI=1S/C14H9F17O3/c1-4(2)6(33)34-3-5(32)7(15,16)8(17,18)9(19,20)10(21,22)11(23,24)12(25,26)13(27,28)14(29,30)31/h5,32H,1,3H2,2H3. The molecule has 3 nitrogen and oxygen atoms in total. The van der Waals surface area contributed by atoms with Gasteiger partial charge in [-0.05, 0) is 6.92 Å². The minimum Gasteiger partial charge on any atom is -0.459 e. The Morgan fingerprint density at radius 3 is 1.26 bits per heavy atom. The molecule has 1 atom stereocenters. The first-order chi connectivity index (χ1) is 14.5. The van der Waals surface area contributed by atoms with Gasteiger partial charge in [0.1, 0.15) is 6.61 Å². The number of carbonyl (C=O) groups excluding carboxylic acids is 1. The highest BCUT2D eigenvalue weighted by atomic mass is 19.4. The number of halogens is 17. The van der Waals surface area contributed by atoms with Gasteiger partial charge in [0, 0.05) is 5.57 Å². The number of hydrogen-bond acceptors (Lipinski definition) is 3. The molecule has 0 aliphatic carbocycles. The van der Waals surface area contributed by atoms with E-state index in [1.807, 2.05) is 0 Å². The van der Waals surface area contributed by atoms with Crippen LogP contribution in [0.2, 0.25) is 0 Å². The molecule has 202 valence electrons. The van der Waals surface area contributed by atoms with E-state index in [2.05, 4.69) is 11.3 Å². The van der Waals surface area contributed by atoms with E-state index in [0.29, 0.717) is 0 Å². The van der Waals surface area contributed by atoms with Crippen LogP contribution >= 0.6 is 0 Å². The average molecular weight is 548 g/mol. The van der Waals surface area contributed by atoms with Gasteiger partial charge in [0.25, 0.3) is 0 Å². The molecule has 0 fully saturated rings. The zero-order valence-electron chi connectivity index (χ0n) is 15.7. The van der Waals surface area contributed by atoms with Crippen LogP contribution in [0.1, 0.15) is 6.92 Å². The van der Waals surface area contributed by atoms with Crippen LogP contribution in [0.25, 0.3) is 0 Å². The smallest absolute Gasteiger partial charge is 0.459 e. The quantitative estimate of drug-likeness (QED) is 0.224. The molecule has 0 saturated carbocycles. The van der Waals surface area contributed by atoms with Gasteiger partial charge in [0.2, 0.25) is 0 Å². The average Bonchev–Trinajstić information content (AvgIpc) is 2.63. The van der Waals surface area contributed by atoms with E-state index in [1.54, 1.807) is 0 Å². The van der Waals surface area contributed by atoms with E-state index in [0.717, 1.165) is 6.92 Å². The third-order valence-corrected chi connectivity index (χ3v) is 3.89. The monoisotopic (exact) mass is 548 g/mol. The molecule has 0 saturated heterocycles. The van der Waals surface area contributed by atoms with Crippen molar-refractivity contribution in [3.63, 3.8) is 0 Å². The molecule has 0 amide bonds. The summed E-state index contributed by atoms with van der Waals surface area (Å²) in [6.07, 6.45) is -12.3. The molecule has 0 aromatic carbocycles. The lowest BCUT2D eigenvalue weighted by atomic mass is 9.88. The fourth-order valence-electron chi connectivity index (χ4n) is 1.77. The Balaban J connectivity index is 6.54. The molecule has 0 aromatic heterocycles. The normalized spacial score (nSPS) is 16.3. The molecule has 34 heavy (non-hydrogen) atoms. The number of aliphatic hydroxyl groups is 1. The summed E-state index contributed by atoms with van der Waals surface area (Å²) in [6.45, 7) is 1.12. The Labute approximate surface area is 176 Å². The van der Waals surface area contributed by atoms with E-state index in [4.69, 9.17) is 5.11 Å². The van der Waals surface area contributed by atoms with Gasteiger partial charge in [0.15, 0.2) is 6.10 Å². The second-order valence-corrected chi connectivity index (χ2v) is 6.46. The van der Waals surface area contributed by atoms with Crippen molar-refractivity contribution >= 4 is 5.97 Å². The summed E-state index contributed by atoms with van der Waals surface area (Å²) in [5.41, 5.74) is -0.702. The zero-order valence-corrected chi connectivity index (χ0v) is 15.7. The van der Waals surface area contributed by atoms with Crippen LogP contribution in [0.15, 0.2) is 12.2 Å². The highest BCUT2D eigenvalue weighted by Crippen LogP contribution is 2.64. The van der Waals surface area contributed by atoms with Crippen molar-refractivity contribution in [2.75, 3.05) is 6.61 Å². The minimum absolute atomic E-state index is 0.702. The lowest BCUT2D eigenvalue weighted by molar-refractivity contribution is -0.464. The molecule has 0 rings (SSSR count). The molecule has 0 aliphatic rings. The van der Waals surface area contributed by atoms with Gasteiger partial charge >= 0.3 is 53.6 Å². The van der Waals surface area contributed by atoms with Crippen molar-refractivity contribution in [1.82, 2.24) is 0 Å². The highest BCUT2D eigenvalue weighted by Gasteiger charge is 2.95. The van der Waals surface area contributed by atoms with Crippen LogP contribution in [0.4, 0.5) is 74.6 Å². The molecule has 1 unspecified atom stereocenters. The number of alkyl halides is 17. The van der Waals surface area contributed by atoms with Crippen LogP contribution in [0.3, 0.4) is 0 Å². The van der Waals surface area contributed by atoms with Crippen LogP contribution in [-0.2, 0) is 9.53 Å². The molecule has 0 radical (unpaired) electrons. The predicted octanol–water partition coefficient (Wildman–Crippen LogP) is 5.48. The highest BCUT2D eigenvalue weighted by molar-refractivity contribution is 5.86. The van der Waals surface area contributed by atoms with E-state index in [-0.39, 0.29) is 0 Å². The minimum atomic E-state index is -8.76. The van der Waals surface area contributed by atoms with E-state index in [9.17, 15) is 79.4 Å². The Hall–Kier alpha value is -2.02. The molecule has 1 N–H and O–H groups in total. The van der Waals surface area contributed by atoms with E-state index < -0.39 is 71.9 Å². The second-order valence-electron chi connectivity index (χ2n) is 6.46. The van der Waals surface area contributed by atoms with Crippen molar-refractivity contribution < 1.29 is 89.3 Å². The first kappa shape index (κ1) is 32.0. The van der Waals surface area contributed by atoms with Crippen LogP contribution < -0.4 is 0 Å². The van der Waals surface area contributed by atoms with Crippen molar-refractivity contribution in [3.05, 3.63) is 12.2 Å². The summed E-state index contributed by atoms with van der Waals surface area (Å²) in [5.74, 6) is -59.9. The van der Waals surface area contributed by atoms with Crippen molar-refractivity contribution in [2.24, 2.45) is 0 Å². The van der Waals surface area contributed by atoms with Crippen molar-refractivity contribution in [1.29, 1.82) is 0 Å². The van der Waals surface area contributed by atoms with Gasteiger partial charge in [-0.15, -0.1) is 0 Å². The molecule has 0 aromatic rings. The SMILES string of the molecule is C=C(C)C(=O)OCC(O)C(F)(F)C(F)(F)C(F)(F)C(F)(F)C(F)(F)C(F)(F)C(F)(F)C(F)(F)F. The van der Waals surface area contributed by atoms with Gasteiger partial charge in [-0.25, -0.2) is 4.79 Å². The van der Waals surface area contributed by atoms with Gasteiger partial charge in [-0.3, -0.25) is 0 Å². The number of ether oxygens (including phenoxy) is 1. The number of aliphatic hydroxyl groups excluding tert-OH is 1. The van der Waals surface area contributed by atoms with Crippen molar-refractivity contribution in [2.45, 2.75) is 60.7 Å². The maximum absolute atomic E-state index is 13.6. The fourth-order valence-corrected chi connectivity index (χ4v) is 1.77. The maximum atomic E-state index is 13.6. The van der Waals surface area contributed by atoms with Gasteiger partial charge < -0.3 is 9.84 Å². The first-order valence-corrected chi connectivity index (χ1v) is 7.72. The molecule has 20 heteroatoms. The third kappa shape index (κ3) is 4.36. The summed E-state index contributed by atoms with van der Waals surface area (Å²) >= 11 is 0. The number of hydrogen-bond donors (Lipinski definition) is 1. The maximum Gasteiger partial charge on any atom is 0.460 e. The van der Waals surface area contributed by atoms with Crippen LogP contribution in [0.5, 0.6) is 0 Å². The summed E-state index contributed by atoms with van der Waals surface area (Å²) < 4.78 is 226. The first-order valence-electron chi connectivity index (χ1n) is 7.72. The fraction of sp³-hybridized carbons (Fsp3) is 0.786. The van der Waals surface area contributed by atoms with Crippen molar-refractivity contribution in [3.8, 4) is 0 Å². The van der Waals surface area contributed by atoms with Crippen LogP contribution in [0, 0.1) is 0 Å². The van der Waals surface area contributed by atoms with Gasteiger partial charge in [-0.1, -0.05) is 6.58 Å². The number of esters is 1. The molecular weight excluding hydrogens is 539 g/mol. The lowest BCUT2D eigenvalue weighted by Gasteiger charge is -2.43. The zero-order chi connectivity index (χ0) is 28.1. The summed E-state index contributed by atoms with van der Waals surface area (Å²) in [7, 11) is 0. The molecule has 0 bridgehead atoms. The van der Waals surface area contributed by atoms with Gasteiger partial charge in [0.05, 0.1) is 0 Å². The third-order valence-electron chi connectivity index (χ3n) is 3.89. The summed E-state index contributed by atoms with van der Waals surface area (Å²) in [6, 6.07) is 0. The van der Waals surface area contributed by atoms with Crippen LogP contribution in [-0.4, -0.2) is 71.4 Å². The molecule has 0 aliphatic heterocycles. The Morgan fingerprint density at radius 2 is 0.971 bits per heavy atom. The van der Waals surface area contributed by atoms with E-state index >= 15 is 0 Å². The second kappa shape index (κ2) is 8.58. The van der Waals surface area contributed by atoms with E-state index in [1.165, 1.54) is 0 Å². The Kier molecular flexibility index (Phi) is 8.07. The number of rotatable bonds is 10. The topological polar surface area (TPSA) is 46.5 Å². The lowest BCUT2D eigenvalue weighted by Crippen LogP contribution is -2.75. The Bertz CT molecular complexity index is 783.